The van der Waals surface area contributed by atoms with Gasteiger partial charge in [0.2, 0.25) is 0 Å². The van der Waals surface area contributed by atoms with E-state index in [1.807, 2.05) is 0 Å². The minimum absolute atomic E-state index is 0.127. The molecule has 0 heterocycles. The van der Waals surface area contributed by atoms with Crippen molar-refractivity contribution in [3.05, 3.63) is 240 Å². The fourth-order valence-electron chi connectivity index (χ4n) is 11.6. The summed E-state index contributed by atoms with van der Waals surface area (Å²) in [5.41, 5.74) is 24.8. The minimum Gasteiger partial charge on any atom is -0.310 e. The van der Waals surface area contributed by atoms with Crippen molar-refractivity contribution in [3.8, 4) is 44.5 Å². The van der Waals surface area contributed by atoms with E-state index < -0.39 is 0 Å². The van der Waals surface area contributed by atoms with Crippen molar-refractivity contribution in [2.75, 3.05) is 9.80 Å². The Morgan fingerprint density at radius 2 is 0.569 bits per heavy atom. The SMILES string of the molecule is CC1(C)c2ccccc2-c2ccc(-c3cc(N(c4ccccc4)c4ccc5c(c4)C(C)(C)c4ccccc4-5)cc(N(c4ccccc4)c4ccc5c(c4)C(C)(C)c4ccccc4-5)c3)cc21. The first-order chi connectivity index (χ1) is 31.5. The summed E-state index contributed by atoms with van der Waals surface area (Å²) in [5.74, 6) is 0. The Hall–Kier alpha value is -7.42. The number of benzene rings is 9. The second-order valence-electron chi connectivity index (χ2n) is 19.8. The molecule has 12 rings (SSSR count). The summed E-state index contributed by atoms with van der Waals surface area (Å²) >= 11 is 0. The van der Waals surface area contributed by atoms with E-state index in [2.05, 4.69) is 258 Å². The Morgan fingerprint density at radius 1 is 0.231 bits per heavy atom. The normalized spacial score (nSPS) is 15.0. The molecule has 0 fully saturated rings. The van der Waals surface area contributed by atoms with E-state index in [-0.39, 0.29) is 16.2 Å². The molecule has 0 aliphatic heterocycles. The fraction of sp³-hybridized carbons (Fsp3) is 0.143. The standard InChI is InChI=1S/C63H52N2/c1-61(2)55-26-16-13-23-49(55)52-32-29-41(37-58(52)61)42-35-47(64(43-19-9-7-10-20-43)45-30-33-53-50-24-14-17-27-56(50)62(3,4)59(53)39-45)38-48(36-42)65(44-21-11-8-12-22-44)46-31-34-54-51-25-15-18-28-57(51)63(5,6)60(54)40-46/h7-40H,1-6H3. The fourth-order valence-corrected chi connectivity index (χ4v) is 11.6. The van der Waals surface area contributed by atoms with Crippen LogP contribution < -0.4 is 9.80 Å². The zero-order valence-corrected chi connectivity index (χ0v) is 38.0. The van der Waals surface area contributed by atoms with Gasteiger partial charge in [0, 0.05) is 50.4 Å². The highest BCUT2D eigenvalue weighted by Crippen LogP contribution is 2.54. The highest BCUT2D eigenvalue weighted by Gasteiger charge is 2.38. The predicted molar refractivity (Wildman–Crippen MR) is 274 cm³/mol. The molecule has 0 radical (unpaired) electrons. The molecule has 0 bridgehead atoms. The molecular weight excluding hydrogens is 785 g/mol. The van der Waals surface area contributed by atoms with E-state index in [1.54, 1.807) is 0 Å². The maximum Gasteiger partial charge on any atom is 0.0488 e. The third-order valence-corrected chi connectivity index (χ3v) is 15.0. The molecule has 3 aliphatic rings. The second-order valence-corrected chi connectivity index (χ2v) is 19.8. The van der Waals surface area contributed by atoms with Gasteiger partial charge in [0.1, 0.15) is 0 Å². The maximum atomic E-state index is 2.46. The Morgan fingerprint density at radius 3 is 0.985 bits per heavy atom. The quantitative estimate of drug-likeness (QED) is 0.158. The van der Waals surface area contributed by atoms with Crippen LogP contribution >= 0.6 is 0 Å². The van der Waals surface area contributed by atoms with Crippen molar-refractivity contribution < 1.29 is 0 Å². The topological polar surface area (TPSA) is 6.48 Å². The molecule has 2 nitrogen and oxygen atoms in total. The smallest absolute Gasteiger partial charge is 0.0488 e. The zero-order valence-electron chi connectivity index (χ0n) is 38.0. The van der Waals surface area contributed by atoms with Crippen molar-refractivity contribution in [2.24, 2.45) is 0 Å². The van der Waals surface area contributed by atoms with Crippen molar-refractivity contribution in [1.82, 2.24) is 0 Å². The summed E-state index contributed by atoms with van der Waals surface area (Å²) in [7, 11) is 0. The molecule has 65 heavy (non-hydrogen) atoms. The first-order valence-electron chi connectivity index (χ1n) is 23.1. The van der Waals surface area contributed by atoms with E-state index >= 15 is 0 Å². The average molecular weight is 837 g/mol. The maximum absolute atomic E-state index is 2.46. The predicted octanol–water partition coefficient (Wildman–Crippen LogP) is 17.2. The van der Waals surface area contributed by atoms with E-state index in [0.29, 0.717) is 0 Å². The van der Waals surface area contributed by atoms with Gasteiger partial charge in [-0.3, -0.25) is 0 Å². The van der Waals surface area contributed by atoms with Gasteiger partial charge >= 0.3 is 0 Å². The van der Waals surface area contributed by atoms with Crippen LogP contribution in [0, 0.1) is 0 Å². The Kier molecular flexibility index (Phi) is 8.62. The van der Waals surface area contributed by atoms with E-state index in [0.717, 1.165) is 39.7 Å². The zero-order chi connectivity index (χ0) is 44.2. The van der Waals surface area contributed by atoms with Crippen LogP contribution in [0.1, 0.15) is 74.9 Å². The lowest BCUT2D eigenvalue weighted by atomic mass is 9.81. The molecule has 3 aliphatic carbocycles. The first-order valence-corrected chi connectivity index (χ1v) is 23.1. The van der Waals surface area contributed by atoms with Crippen LogP contribution in [0.2, 0.25) is 0 Å². The lowest BCUT2D eigenvalue weighted by Crippen LogP contribution is -2.17. The third-order valence-electron chi connectivity index (χ3n) is 15.0. The lowest BCUT2D eigenvalue weighted by Gasteiger charge is -2.32. The van der Waals surface area contributed by atoms with Crippen LogP contribution in [0.15, 0.2) is 206 Å². The van der Waals surface area contributed by atoms with Gasteiger partial charge in [-0.1, -0.05) is 175 Å². The number of para-hydroxylation sites is 2. The highest BCUT2D eigenvalue weighted by molar-refractivity contribution is 5.92. The molecule has 0 saturated heterocycles. The van der Waals surface area contributed by atoms with Crippen molar-refractivity contribution in [1.29, 1.82) is 0 Å². The molecule has 0 aromatic heterocycles. The first kappa shape index (κ1) is 39.2. The number of hydrogen-bond donors (Lipinski definition) is 0. The van der Waals surface area contributed by atoms with Crippen LogP contribution in [0.3, 0.4) is 0 Å². The van der Waals surface area contributed by atoms with Gasteiger partial charge < -0.3 is 9.80 Å². The molecule has 2 heteroatoms. The summed E-state index contributed by atoms with van der Waals surface area (Å²) in [5, 5.41) is 0. The molecule has 0 atom stereocenters. The Balaban J connectivity index is 1.10. The summed E-state index contributed by atoms with van der Waals surface area (Å²) in [6, 6.07) is 77.2. The van der Waals surface area contributed by atoms with Crippen LogP contribution in [-0.4, -0.2) is 0 Å². The van der Waals surface area contributed by atoms with Gasteiger partial charge in [-0.2, -0.15) is 0 Å². The number of fused-ring (bicyclic) bond motifs is 9. The summed E-state index contributed by atoms with van der Waals surface area (Å²) in [6.07, 6.45) is 0. The molecule has 0 amide bonds. The molecule has 0 spiro atoms. The molecule has 0 N–H and O–H groups in total. The molecular formula is C63H52N2. The van der Waals surface area contributed by atoms with Gasteiger partial charge in [-0.15, -0.1) is 0 Å². The van der Waals surface area contributed by atoms with Gasteiger partial charge in [0.25, 0.3) is 0 Å². The number of nitrogens with zero attached hydrogens (tertiary/aromatic N) is 2. The van der Waals surface area contributed by atoms with Crippen molar-refractivity contribution >= 4 is 34.1 Å². The summed E-state index contributed by atoms with van der Waals surface area (Å²) < 4.78 is 0. The molecule has 0 unspecified atom stereocenters. The number of rotatable bonds is 7. The van der Waals surface area contributed by atoms with E-state index in [9.17, 15) is 0 Å². The Bertz CT molecular complexity index is 3190. The summed E-state index contributed by atoms with van der Waals surface area (Å²) in [6.45, 7) is 14.2. The van der Waals surface area contributed by atoms with Crippen LogP contribution in [0.5, 0.6) is 0 Å². The van der Waals surface area contributed by atoms with Crippen molar-refractivity contribution in [2.45, 2.75) is 57.8 Å². The monoisotopic (exact) mass is 836 g/mol. The van der Waals surface area contributed by atoms with Crippen LogP contribution in [0.25, 0.3) is 44.5 Å². The Labute approximate surface area is 384 Å². The van der Waals surface area contributed by atoms with Crippen molar-refractivity contribution in [3.63, 3.8) is 0 Å². The van der Waals surface area contributed by atoms with Gasteiger partial charge in [0.15, 0.2) is 0 Å². The summed E-state index contributed by atoms with van der Waals surface area (Å²) in [4.78, 5) is 4.93. The molecule has 9 aromatic rings. The highest BCUT2D eigenvalue weighted by atomic mass is 15.2. The molecule has 9 aromatic carbocycles. The van der Waals surface area contributed by atoms with Gasteiger partial charge in [0.05, 0.1) is 0 Å². The second kappa shape index (κ2) is 14.3. The number of anilines is 6. The van der Waals surface area contributed by atoms with Gasteiger partial charge in [-0.05, 0) is 151 Å². The van der Waals surface area contributed by atoms with Crippen LogP contribution in [0.4, 0.5) is 34.1 Å². The van der Waals surface area contributed by atoms with E-state index in [1.165, 1.54) is 72.3 Å². The third kappa shape index (κ3) is 5.93. The number of hydrogen-bond acceptors (Lipinski definition) is 2. The van der Waals surface area contributed by atoms with Gasteiger partial charge in [-0.25, -0.2) is 0 Å². The largest absolute Gasteiger partial charge is 0.310 e. The van der Waals surface area contributed by atoms with Crippen LogP contribution in [-0.2, 0) is 16.2 Å². The van der Waals surface area contributed by atoms with E-state index in [4.69, 9.17) is 0 Å². The average Bonchev–Trinajstić information content (AvgIpc) is 3.81. The molecule has 314 valence electrons. The molecule has 0 saturated carbocycles. The lowest BCUT2D eigenvalue weighted by molar-refractivity contribution is 0.660. The minimum atomic E-state index is -0.142.